The van der Waals surface area contributed by atoms with Crippen LogP contribution in [0.25, 0.3) is 0 Å². The number of hydrogen-bond donors (Lipinski definition) is 3. The number of rotatable bonds is 10. The van der Waals surface area contributed by atoms with E-state index in [0.717, 1.165) is 15.0 Å². The van der Waals surface area contributed by atoms with Crippen LogP contribution in [0.1, 0.15) is 57.9 Å². The highest BCUT2D eigenvalue weighted by atomic mass is 16.5. The van der Waals surface area contributed by atoms with Gasteiger partial charge in [0.15, 0.2) is 12.3 Å². The standard InChI is InChI=1S/C26H31N5O7/c1-5-12-30(21-22(27)31(26(36)29-23(21)33)13-17-10-8-7-9-11-17)18(32)14-38-25(35)20-15(3)19(16(4)28-20)24(34)37-6-2/h7-11,28H,5-6,12-14,27H2,1-4H3,(H,29,33,36). The average Bonchev–Trinajstić information content (AvgIpc) is 3.18. The van der Waals surface area contributed by atoms with Gasteiger partial charge in [-0.1, -0.05) is 37.3 Å². The first-order valence-corrected chi connectivity index (χ1v) is 12.1. The number of carbonyl (C=O) groups excluding carboxylic acids is 3. The van der Waals surface area contributed by atoms with Crippen molar-refractivity contribution >= 4 is 29.4 Å². The molecular formula is C26H31N5O7. The van der Waals surface area contributed by atoms with Crippen LogP contribution in [0.15, 0.2) is 39.9 Å². The monoisotopic (exact) mass is 525 g/mol. The molecule has 0 atom stereocenters. The number of esters is 2. The second kappa shape index (κ2) is 12.1. The molecular weight excluding hydrogens is 494 g/mol. The predicted octanol–water partition coefficient (Wildman–Crippen LogP) is 1.89. The van der Waals surface area contributed by atoms with E-state index in [9.17, 15) is 24.0 Å². The van der Waals surface area contributed by atoms with Crippen molar-refractivity contribution in [1.29, 1.82) is 0 Å². The van der Waals surface area contributed by atoms with Crippen LogP contribution in [0.3, 0.4) is 0 Å². The van der Waals surface area contributed by atoms with E-state index in [1.807, 2.05) is 6.07 Å². The number of aromatic amines is 2. The molecule has 4 N–H and O–H groups in total. The maximum absolute atomic E-state index is 13.1. The smallest absolute Gasteiger partial charge is 0.355 e. The number of hydrogen-bond acceptors (Lipinski definition) is 8. The normalized spacial score (nSPS) is 10.7. The van der Waals surface area contributed by atoms with Gasteiger partial charge in [-0.2, -0.15) is 0 Å². The third-order valence-electron chi connectivity index (χ3n) is 5.86. The molecule has 2 heterocycles. The Kier molecular flexibility index (Phi) is 8.89. The molecule has 0 bridgehead atoms. The number of nitrogen functional groups attached to an aromatic ring is 1. The largest absolute Gasteiger partial charge is 0.462 e. The van der Waals surface area contributed by atoms with Crippen molar-refractivity contribution in [2.24, 2.45) is 0 Å². The van der Waals surface area contributed by atoms with Crippen molar-refractivity contribution in [3.05, 3.63) is 79.2 Å². The van der Waals surface area contributed by atoms with Gasteiger partial charge in [0.25, 0.3) is 11.5 Å². The predicted molar refractivity (Wildman–Crippen MR) is 140 cm³/mol. The molecule has 1 aromatic carbocycles. The molecule has 0 saturated carbocycles. The SMILES string of the molecule is CCCN(C(=O)COC(=O)c1[nH]c(C)c(C(=O)OCC)c1C)c1c(N)n(Cc2ccccc2)c(=O)[nH]c1=O. The van der Waals surface area contributed by atoms with E-state index in [1.165, 1.54) is 0 Å². The number of H-pyrrole nitrogens is 2. The summed E-state index contributed by atoms with van der Waals surface area (Å²) in [7, 11) is 0. The van der Waals surface area contributed by atoms with Gasteiger partial charge in [-0.3, -0.25) is 19.1 Å². The van der Waals surface area contributed by atoms with Gasteiger partial charge < -0.3 is 25.1 Å². The van der Waals surface area contributed by atoms with Crippen molar-refractivity contribution in [3.8, 4) is 0 Å². The highest BCUT2D eigenvalue weighted by molar-refractivity contribution is 6.01. The molecule has 0 fully saturated rings. The molecule has 1 amide bonds. The zero-order valence-corrected chi connectivity index (χ0v) is 21.8. The van der Waals surface area contributed by atoms with Crippen LogP contribution < -0.4 is 21.9 Å². The number of anilines is 2. The molecule has 0 radical (unpaired) electrons. The number of ether oxygens (including phenoxy) is 2. The Balaban J connectivity index is 1.86. The Labute approximate surface area is 218 Å². The number of benzene rings is 1. The first-order chi connectivity index (χ1) is 18.1. The molecule has 0 aliphatic rings. The molecule has 12 heteroatoms. The lowest BCUT2D eigenvalue weighted by atomic mass is 10.1. The van der Waals surface area contributed by atoms with Crippen LogP contribution in [0, 0.1) is 13.8 Å². The molecule has 202 valence electrons. The first-order valence-electron chi connectivity index (χ1n) is 12.1. The van der Waals surface area contributed by atoms with Gasteiger partial charge in [-0.15, -0.1) is 0 Å². The summed E-state index contributed by atoms with van der Waals surface area (Å²) >= 11 is 0. The lowest BCUT2D eigenvalue weighted by molar-refractivity contribution is -0.121. The maximum Gasteiger partial charge on any atom is 0.355 e. The summed E-state index contributed by atoms with van der Waals surface area (Å²) < 4.78 is 11.4. The number of nitrogens with two attached hydrogens (primary N) is 1. The fourth-order valence-corrected chi connectivity index (χ4v) is 4.09. The first kappa shape index (κ1) is 28.0. The van der Waals surface area contributed by atoms with Gasteiger partial charge in [-0.05, 0) is 38.3 Å². The molecule has 0 unspecified atom stereocenters. The fourth-order valence-electron chi connectivity index (χ4n) is 4.09. The number of amides is 1. The fraction of sp³-hybridized carbons (Fsp3) is 0.346. The molecule has 0 aliphatic heterocycles. The van der Waals surface area contributed by atoms with Crippen LogP contribution in [-0.4, -0.2) is 52.1 Å². The summed E-state index contributed by atoms with van der Waals surface area (Å²) in [5, 5.41) is 0. The van der Waals surface area contributed by atoms with E-state index in [2.05, 4.69) is 9.97 Å². The Bertz CT molecular complexity index is 1450. The zero-order chi connectivity index (χ0) is 28.0. The van der Waals surface area contributed by atoms with E-state index in [-0.39, 0.29) is 42.5 Å². The minimum Gasteiger partial charge on any atom is -0.462 e. The lowest BCUT2D eigenvalue weighted by Crippen LogP contribution is -2.43. The lowest BCUT2D eigenvalue weighted by Gasteiger charge is -2.24. The Morgan fingerprint density at radius 1 is 1.00 bits per heavy atom. The second-order valence-electron chi connectivity index (χ2n) is 8.53. The molecule has 38 heavy (non-hydrogen) atoms. The number of nitrogens with zero attached hydrogens (tertiary/aromatic N) is 2. The Morgan fingerprint density at radius 3 is 2.32 bits per heavy atom. The number of aromatic nitrogens is 3. The summed E-state index contributed by atoms with van der Waals surface area (Å²) in [6, 6.07) is 9.01. The quantitative estimate of drug-likeness (QED) is 0.337. The second-order valence-corrected chi connectivity index (χ2v) is 8.53. The molecule has 3 rings (SSSR count). The van der Waals surface area contributed by atoms with E-state index >= 15 is 0 Å². The number of aryl methyl sites for hydroxylation is 1. The molecule has 12 nitrogen and oxygen atoms in total. The van der Waals surface area contributed by atoms with Crippen LogP contribution in [0.2, 0.25) is 0 Å². The van der Waals surface area contributed by atoms with Crippen LogP contribution in [-0.2, 0) is 20.8 Å². The maximum atomic E-state index is 13.1. The minimum atomic E-state index is -0.859. The summed E-state index contributed by atoms with van der Waals surface area (Å²) in [6.45, 7) is 6.26. The topological polar surface area (TPSA) is 170 Å². The number of carbonyl (C=O) groups is 3. The molecule has 2 aromatic heterocycles. The summed E-state index contributed by atoms with van der Waals surface area (Å²) in [6.07, 6.45) is 0.453. The summed E-state index contributed by atoms with van der Waals surface area (Å²) in [5.41, 5.74) is 6.22. The van der Waals surface area contributed by atoms with Crippen molar-refractivity contribution in [2.75, 3.05) is 30.4 Å². The zero-order valence-electron chi connectivity index (χ0n) is 21.8. The number of nitrogens with one attached hydrogen (secondary N) is 2. The third-order valence-corrected chi connectivity index (χ3v) is 5.86. The van der Waals surface area contributed by atoms with Gasteiger partial charge in [0.05, 0.1) is 18.7 Å². The molecule has 0 saturated heterocycles. The van der Waals surface area contributed by atoms with Gasteiger partial charge in [-0.25, -0.2) is 14.4 Å². The van der Waals surface area contributed by atoms with E-state index in [0.29, 0.717) is 17.7 Å². The van der Waals surface area contributed by atoms with Crippen molar-refractivity contribution in [1.82, 2.24) is 14.5 Å². The van der Waals surface area contributed by atoms with E-state index in [4.69, 9.17) is 15.2 Å². The van der Waals surface area contributed by atoms with Gasteiger partial charge >= 0.3 is 17.6 Å². The van der Waals surface area contributed by atoms with Crippen molar-refractivity contribution < 1.29 is 23.9 Å². The summed E-state index contributed by atoms with van der Waals surface area (Å²) in [4.78, 5) is 69.5. The van der Waals surface area contributed by atoms with Crippen LogP contribution >= 0.6 is 0 Å². The van der Waals surface area contributed by atoms with Crippen LogP contribution in [0.4, 0.5) is 11.5 Å². The molecule has 0 aliphatic carbocycles. The molecule has 0 spiro atoms. The Morgan fingerprint density at radius 2 is 1.68 bits per heavy atom. The highest BCUT2D eigenvalue weighted by Gasteiger charge is 2.27. The van der Waals surface area contributed by atoms with Crippen LogP contribution in [0.5, 0.6) is 0 Å². The van der Waals surface area contributed by atoms with Crippen molar-refractivity contribution in [2.45, 2.75) is 40.7 Å². The third kappa shape index (κ3) is 5.85. The van der Waals surface area contributed by atoms with Gasteiger partial charge in [0, 0.05) is 12.2 Å². The molecule has 3 aromatic rings. The van der Waals surface area contributed by atoms with Crippen molar-refractivity contribution in [3.63, 3.8) is 0 Å². The Hall–Kier alpha value is -4.61. The van der Waals surface area contributed by atoms with E-state index < -0.39 is 35.7 Å². The van der Waals surface area contributed by atoms with E-state index in [1.54, 1.807) is 52.0 Å². The highest BCUT2D eigenvalue weighted by Crippen LogP contribution is 2.21. The van der Waals surface area contributed by atoms with Gasteiger partial charge in [0.1, 0.15) is 11.5 Å². The average molecular weight is 526 g/mol. The minimum absolute atomic E-state index is 0.00849. The summed E-state index contributed by atoms with van der Waals surface area (Å²) in [5.74, 6) is -2.34. The van der Waals surface area contributed by atoms with Gasteiger partial charge in [0.2, 0.25) is 0 Å².